The molecule has 1 amide bonds. The summed E-state index contributed by atoms with van der Waals surface area (Å²) in [5.74, 6) is -1.16. The van der Waals surface area contributed by atoms with Crippen molar-refractivity contribution in [1.82, 2.24) is 0 Å². The molecule has 6 nitrogen and oxygen atoms in total. The van der Waals surface area contributed by atoms with Gasteiger partial charge in [-0.15, -0.1) is 0 Å². The van der Waals surface area contributed by atoms with Gasteiger partial charge in [0.05, 0.1) is 17.9 Å². The van der Waals surface area contributed by atoms with Gasteiger partial charge in [-0.25, -0.2) is 4.79 Å². The first-order valence-corrected chi connectivity index (χ1v) is 9.12. The minimum Gasteiger partial charge on any atom is -0.462 e. The molecule has 0 saturated heterocycles. The number of nitriles is 1. The summed E-state index contributed by atoms with van der Waals surface area (Å²) in [5, 5.41) is 15.3. The molecular weight excluding hydrogens is 378 g/mol. The lowest BCUT2D eigenvalue weighted by molar-refractivity contribution is -0.112. The zero-order chi connectivity index (χ0) is 20.4. The number of benzene rings is 2. The second kappa shape index (κ2) is 10.8. The topological polar surface area (TPSA) is 91.2 Å². The van der Waals surface area contributed by atoms with Gasteiger partial charge in [-0.1, -0.05) is 37.1 Å². The molecule has 2 rings (SSSR count). The summed E-state index contributed by atoms with van der Waals surface area (Å²) >= 11 is 5.83. The van der Waals surface area contributed by atoms with E-state index in [1.165, 1.54) is 6.20 Å². The van der Waals surface area contributed by atoms with Gasteiger partial charge in [0.15, 0.2) is 0 Å². The van der Waals surface area contributed by atoms with E-state index in [9.17, 15) is 14.9 Å². The van der Waals surface area contributed by atoms with E-state index in [0.717, 1.165) is 12.8 Å². The number of hydrogen-bond acceptors (Lipinski definition) is 5. The van der Waals surface area contributed by atoms with Gasteiger partial charge < -0.3 is 15.4 Å². The Balaban J connectivity index is 2.10. The van der Waals surface area contributed by atoms with Crippen LogP contribution in [0.2, 0.25) is 5.02 Å². The summed E-state index contributed by atoms with van der Waals surface area (Å²) in [7, 11) is 0. The van der Waals surface area contributed by atoms with E-state index in [1.54, 1.807) is 48.5 Å². The molecule has 0 spiro atoms. The maximum Gasteiger partial charge on any atom is 0.340 e. The lowest BCUT2D eigenvalue weighted by Gasteiger charge is -2.10. The number of amides is 1. The van der Waals surface area contributed by atoms with Crippen LogP contribution in [-0.2, 0) is 9.53 Å². The fourth-order valence-corrected chi connectivity index (χ4v) is 2.32. The van der Waals surface area contributed by atoms with Crippen molar-refractivity contribution in [2.75, 3.05) is 17.2 Å². The third kappa shape index (κ3) is 6.15. The van der Waals surface area contributed by atoms with Crippen LogP contribution < -0.4 is 10.6 Å². The van der Waals surface area contributed by atoms with Gasteiger partial charge in [-0.3, -0.25) is 4.79 Å². The molecule has 0 heterocycles. The average molecular weight is 398 g/mol. The largest absolute Gasteiger partial charge is 0.462 e. The van der Waals surface area contributed by atoms with Crippen molar-refractivity contribution in [3.63, 3.8) is 0 Å². The zero-order valence-electron chi connectivity index (χ0n) is 15.4. The smallest absolute Gasteiger partial charge is 0.340 e. The standard InChI is InChI=1S/C21H20ClN3O3/c1-2-3-12-28-21(27)18-6-4-5-7-19(18)25-20(26)15(13-23)14-24-17-10-8-16(22)9-11-17/h4-11,14,24H,2-3,12H2,1H3,(H,25,26)/b15-14-. The Hall–Kier alpha value is -3.30. The molecular formula is C21H20ClN3O3. The number of nitrogens with zero attached hydrogens (tertiary/aromatic N) is 1. The van der Waals surface area contributed by atoms with Gasteiger partial charge in [0.2, 0.25) is 0 Å². The van der Waals surface area contributed by atoms with E-state index in [1.807, 2.05) is 13.0 Å². The van der Waals surface area contributed by atoms with Crippen molar-refractivity contribution in [2.24, 2.45) is 0 Å². The number of halogens is 1. The molecule has 2 aromatic rings. The Morgan fingerprint density at radius 1 is 1.18 bits per heavy atom. The van der Waals surface area contributed by atoms with Gasteiger partial charge >= 0.3 is 5.97 Å². The third-order valence-corrected chi connectivity index (χ3v) is 3.97. The number of unbranched alkanes of at least 4 members (excludes halogenated alkanes) is 1. The van der Waals surface area contributed by atoms with E-state index in [2.05, 4.69) is 10.6 Å². The minimum atomic E-state index is -0.641. The van der Waals surface area contributed by atoms with Gasteiger partial charge in [0.25, 0.3) is 5.91 Å². The number of esters is 1. The SMILES string of the molecule is CCCCOC(=O)c1ccccc1NC(=O)/C(C#N)=C\Nc1ccc(Cl)cc1. The molecule has 0 saturated carbocycles. The maximum absolute atomic E-state index is 12.4. The highest BCUT2D eigenvalue weighted by molar-refractivity contribution is 6.30. The van der Waals surface area contributed by atoms with Crippen molar-refractivity contribution in [3.05, 3.63) is 70.9 Å². The molecule has 0 fully saturated rings. The highest BCUT2D eigenvalue weighted by Crippen LogP contribution is 2.18. The van der Waals surface area contributed by atoms with Crippen LogP contribution in [0.15, 0.2) is 60.3 Å². The molecule has 0 aliphatic rings. The highest BCUT2D eigenvalue weighted by atomic mass is 35.5. The van der Waals surface area contributed by atoms with Crippen molar-refractivity contribution >= 4 is 34.9 Å². The minimum absolute atomic E-state index is 0.149. The third-order valence-electron chi connectivity index (χ3n) is 3.72. The monoisotopic (exact) mass is 397 g/mol. The molecule has 2 N–H and O–H groups in total. The molecule has 0 unspecified atom stereocenters. The van der Waals surface area contributed by atoms with E-state index >= 15 is 0 Å². The molecule has 2 aromatic carbocycles. The van der Waals surface area contributed by atoms with Crippen LogP contribution in [0.25, 0.3) is 0 Å². The van der Waals surface area contributed by atoms with Crippen molar-refractivity contribution in [1.29, 1.82) is 5.26 Å². The highest BCUT2D eigenvalue weighted by Gasteiger charge is 2.16. The molecule has 144 valence electrons. The lowest BCUT2D eigenvalue weighted by Crippen LogP contribution is -2.17. The van der Waals surface area contributed by atoms with Crippen molar-refractivity contribution in [2.45, 2.75) is 19.8 Å². The summed E-state index contributed by atoms with van der Waals surface area (Å²) in [6, 6.07) is 15.1. The summed E-state index contributed by atoms with van der Waals surface area (Å²) in [6.07, 6.45) is 2.96. The molecule has 0 aliphatic heterocycles. The Labute approximate surface area is 168 Å². The molecule has 0 aliphatic carbocycles. The normalized spacial score (nSPS) is 10.7. The second-order valence-electron chi connectivity index (χ2n) is 5.81. The number of carbonyl (C=O) groups is 2. The van der Waals surface area contributed by atoms with Crippen LogP contribution >= 0.6 is 11.6 Å². The summed E-state index contributed by atoms with van der Waals surface area (Å²) < 4.78 is 5.20. The quantitative estimate of drug-likeness (QED) is 0.290. The predicted molar refractivity (Wildman–Crippen MR) is 109 cm³/mol. The predicted octanol–water partition coefficient (Wildman–Crippen LogP) is 4.75. The molecule has 0 bridgehead atoms. The van der Waals surface area contributed by atoms with Gasteiger partial charge in [0.1, 0.15) is 11.6 Å². The van der Waals surface area contributed by atoms with Crippen LogP contribution in [0.4, 0.5) is 11.4 Å². The summed E-state index contributed by atoms with van der Waals surface area (Å²) in [6.45, 7) is 2.31. The van der Waals surface area contributed by atoms with Gasteiger partial charge in [0, 0.05) is 16.9 Å². The Morgan fingerprint density at radius 3 is 2.57 bits per heavy atom. The number of ether oxygens (including phenoxy) is 1. The van der Waals surface area contributed by atoms with E-state index in [0.29, 0.717) is 17.3 Å². The van der Waals surface area contributed by atoms with Crippen LogP contribution in [0.1, 0.15) is 30.1 Å². The number of rotatable bonds is 8. The molecule has 28 heavy (non-hydrogen) atoms. The average Bonchev–Trinajstić information content (AvgIpc) is 2.70. The summed E-state index contributed by atoms with van der Waals surface area (Å²) in [4.78, 5) is 24.7. The maximum atomic E-state index is 12.4. The van der Waals surface area contributed by atoms with Gasteiger partial charge in [-0.2, -0.15) is 5.26 Å². The number of hydrogen-bond donors (Lipinski definition) is 2. The Morgan fingerprint density at radius 2 is 1.89 bits per heavy atom. The van der Waals surface area contributed by atoms with E-state index in [-0.39, 0.29) is 16.8 Å². The number of anilines is 2. The van der Waals surface area contributed by atoms with Crippen LogP contribution in [0.5, 0.6) is 0 Å². The van der Waals surface area contributed by atoms with Crippen molar-refractivity contribution in [3.8, 4) is 6.07 Å². The first kappa shape index (κ1) is 21.0. The van der Waals surface area contributed by atoms with E-state index in [4.69, 9.17) is 16.3 Å². The first-order valence-electron chi connectivity index (χ1n) is 8.75. The van der Waals surface area contributed by atoms with Crippen LogP contribution in [0.3, 0.4) is 0 Å². The zero-order valence-corrected chi connectivity index (χ0v) is 16.1. The molecule has 7 heteroatoms. The number of para-hydroxylation sites is 1. The van der Waals surface area contributed by atoms with Crippen LogP contribution in [0, 0.1) is 11.3 Å². The first-order chi connectivity index (χ1) is 13.5. The van der Waals surface area contributed by atoms with Gasteiger partial charge in [-0.05, 0) is 42.8 Å². The number of nitrogens with one attached hydrogen (secondary N) is 2. The van der Waals surface area contributed by atoms with E-state index < -0.39 is 11.9 Å². The summed E-state index contributed by atoms with van der Waals surface area (Å²) in [5.41, 5.74) is 1.03. The van der Waals surface area contributed by atoms with Crippen molar-refractivity contribution < 1.29 is 14.3 Å². The fraction of sp³-hybridized carbons (Fsp3) is 0.190. The molecule has 0 radical (unpaired) electrons. The Kier molecular flexibility index (Phi) is 8.07. The fourth-order valence-electron chi connectivity index (χ4n) is 2.20. The molecule has 0 aromatic heterocycles. The van der Waals surface area contributed by atoms with Crippen LogP contribution in [-0.4, -0.2) is 18.5 Å². The molecule has 0 atom stereocenters. The number of carbonyl (C=O) groups excluding carboxylic acids is 2. The Bertz CT molecular complexity index is 902. The lowest BCUT2D eigenvalue weighted by atomic mass is 10.1. The second-order valence-corrected chi connectivity index (χ2v) is 6.25.